The molecule has 0 bridgehead atoms. The Bertz CT molecular complexity index is 3030. The molecule has 0 radical (unpaired) electrons. The molecule has 0 saturated carbocycles. The molecule has 1 heterocycles. The Labute approximate surface area is 318 Å². The molecular weight excluding hydrogens is 671 g/mol. The molecule has 0 amide bonds. The molecule has 9 rings (SSSR count). The van der Waals surface area contributed by atoms with E-state index in [9.17, 15) is 15.8 Å². The average molecular weight is 700 g/mol. The van der Waals surface area contributed by atoms with Gasteiger partial charge in [0.15, 0.2) is 0 Å². The molecular formula is C51H29N3O. The van der Waals surface area contributed by atoms with E-state index in [1.54, 1.807) is 0 Å². The van der Waals surface area contributed by atoms with Crippen molar-refractivity contribution >= 4 is 21.9 Å². The van der Waals surface area contributed by atoms with Gasteiger partial charge in [-0.1, -0.05) is 140 Å². The molecule has 0 unspecified atom stereocenters. The molecule has 254 valence electrons. The molecule has 4 heteroatoms. The number of hydrogen-bond acceptors (Lipinski definition) is 4. The Kier molecular flexibility index (Phi) is 8.30. The van der Waals surface area contributed by atoms with Crippen LogP contribution in [0.4, 0.5) is 0 Å². The van der Waals surface area contributed by atoms with E-state index >= 15 is 0 Å². The summed E-state index contributed by atoms with van der Waals surface area (Å²) < 4.78 is 6.81. The predicted octanol–water partition coefficient (Wildman–Crippen LogP) is 13.2. The van der Waals surface area contributed by atoms with Gasteiger partial charge in [0.05, 0.1) is 34.9 Å². The first-order valence-electron chi connectivity index (χ1n) is 17.9. The van der Waals surface area contributed by atoms with Gasteiger partial charge in [-0.15, -0.1) is 0 Å². The molecule has 0 saturated heterocycles. The highest BCUT2D eigenvalue weighted by Gasteiger charge is 2.31. The zero-order valence-electron chi connectivity index (χ0n) is 29.5. The summed E-state index contributed by atoms with van der Waals surface area (Å²) in [6, 6.07) is 65.3. The minimum absolute atomic E-state index is 0.536. The molecule has 0 aliphatic rings. The number of fused-ring (bicyclic) bond motifs is 3. The third-order valence-electron chi connectivity index (χ3n) is 10.2. The quantitative estimate of drug-likeness (QED) is 0.173. The van der Waals surface area contributed by atoms with Gasteiger partial charge < -0.3 is 4.42 Å². The van der Waals surface area contributed by atoms with E-state index in [2.05, 4.69) is 66.7 Å². The lowest BCUT2D eigenvalue weighted by Crippen LogP contribution is -2.03. The highest BCUT2D eigenvalue weighted by Crippen LogP contribution is 2.57. The van der Waals surface area contributed by atoms with Crippen LogP contribution in [0.1, 0.15) is 16.7 Å². The normalized spacial score (nSPS) is 10.9. The van der Waals surface area contributed by atoms with E-state index in [4.69, 9.17) is 4.42 Å². The number of hydrogen-bond donors (Lipinski definition) is 0. The Morgan fingerprint density at radius 1 is 0.327 bits per heavy atom. The third kappa shape index (κ3) is 5.62. The second kappa shape index (κ2) is 13.9. The highest BCUT2D eigenvalue weighted by atomic mass is 16.3. The third-order valence-corrected chi connectivity index (χ3v) is 10.2. The number of rotatable bonds is 6. The fraction of sp³-hybridized carbons (Fsp3) is 0. The fourth-order valence-electron chi connectivity index (χ4n) is 7.82. The number of nitrogens with zero attached hydrogens (tertiary/aromatic N) is 3. The van der Waals surface area contributed by atoms with Crippen LogP contribution in [0.3, 0.4) is 0 Å². The van der Waals surface area contributed by atoms with Gasteiger partial charge in [0, 0.05) is 33.0 Å². The first-order valence-corrected chi connectivity index (χ1v) is 17.9. The lowest BCUT2D eigenvalue weighted by molar-refractivity contribution is 0.670. The van der Waals surface area contributed by atoms with Gasteiger partial charge in [0.2, 0.25) is 0 Å². The zero-order chi connectivity index (χ0) is 37.3. The topological polar surface area (TPSA) is 84.5 Å². The van der Waals surface area contributed by atoms with Gasteiger partial charge in [-0.05, 0) is 80.9 Å². The smallest absolute Gasteiger partial charge is 0.143 e. The van der Waals surface area contributed by atoms with E-state index in [0.717, 1.165) is 88.7 Å². The van der Waals surface area contributed by atoms with Gasteiger partial charge in [-0.3, -0.25) is 0 Å². The van der Waals surface area contributed by atoms with E-state index in [0.29, 0.717) is 16.7 Å². The monoisotopic (exact) mass is 699 g/mol. The van der Waals surface area contributed by atoms with Gasteiger partial charge in [-0.2, -0.15) is 15.8 Å². The van der Waals surface area contributed by atoms with E-state index in [1.165, 1.54) is 0 Å². The number of furan rings is 1. The lowest BCUT2D eigenvalue weighted by Gasteiger charge is -2.29. The van der Waals surface area contributed by atoms with Crippen molar-refractivity contribution in [2.75, 3.05) is 0 Å². The van der Waals surface area contributed by atoms with Crippen LogP contribution in [0.5, 0.6) is 0 Å². The summed E-state index contributed by atoms with van der Waals surface area (Å²) in [6.45, 7) is 0. The fourth-order valence-corrected chi connectivity index (χ4v) is 7.82. The van der Waals surface area contributed by atoms with Crippen molar-refractivity contribution in [1.82, 2.24) is 0 Å². The Morgan fingerprint density at radius 2 is 0.764 bits per heavy atom. The molecule has 9 aromatic rings. The number of benzene rings is 8. The summed E-state index contributed by atoms with van der Waals surface area (Å²) in [5.41, 5.74) is 14.1. The average Bonchev–Trinajstić information content (AvgIpc) is 3.65. The summed E-state index contributed by atoms with van der Waals surface area (Å²) in [6.07, 6.45) is 0. The van der Waals surface area contributed by atoms with Crippen LogP contribution in [0.25, 0.3) is 88.7 Å². The van der Waals surface area contributed by atoms with Crippen molar-refractivity contribution in [3.63, 3.8) is 0 Å². The molecule has 1 aromatic heterocycles. The van der Waals surface area contributed by atoms with Gasteiger partial charge >= 0.3 is 0 Å². The van der Waals surface area contributed by atoms with Gasteiger partial charge in [-0.25, -0.2) is 0 Å². The maximum atomic E-state index is 10.8. The largest absolute Gasteiger partial charge is 0.455 e. The van der Waals surface area contributed by atoms with Crippen molar-refractivity contribution < 1.29 is 4.42 Å². The maximum Gasteiger partial charge on any atom is 0.143 e. The van der Waals surface area contributed by atoms with Crippen LogP contribution in [0, 0.1) is 34.0 Å². The summed E-state index contributed by atoms with van der Waals surface area (Å²) in [4.78, 5) is 0. The van der Waals surface area contributed by atoms with E-state index in [1.807, 2.05) is 127 Å². The Morgan fingerprint density at radius 3 is 1.33 bits per heavy atom. The first-order chi connectivity index (χ1) is 27.2. The van der Waals surface area contributed by atoms with Crippen LogP contribution >= 0.6 is 0 Å². The second-order valence-corrected chi connectivity index (χ2v) is 13.3. The van der Waals surface area contributed by atoms with Crippen LogP contribution in [0.2, 0.25) is 0 Å². The first kappa shape index (κ1) is 32.9. The molecule has 0 aliphatic heterocycles. The zero-order valence-corrected chi connectivity index (χ0v) is 29.5. The van der Waals surface area contributed by atoms with Crippen LogP contribution in [0.15, 0.2) is 180 Å². The standard InChI is InChI=1S/C51H29N3O/c52-30-33-22-26-37(27-23-33)45-46(38-28-24-34(31-53)25-29-38)48(36-14-5-2-6-15-36)50(43-20-11-19-42-41-18-9-10-21-44(41)55-51(42)43)49(40-17-8-7-16-39(40)32-54)47(45)35-12-3-1-4-13-35/h1-29H. The molecule has 4 nitrogen and oxygen atoms in total. The molecule has 0 atom stereocenters. The highest BCUT2D eigenvalue weighted by molar-refractivity contribution is 6.19. The van der Waals surface area contributed by atoms with Crippen molar-refractivity contribution in [2.45, 2.75) is 0 Å². The summed E-state index contributed by atoms with van der Waals surface area (Å²) in [7, 11) is 0. The predicted molar refractivity (Wildman–Crippen MR) is 220 cm³/mol. The van der Waals surface area contributed by atoms with Crippen molar-refractivity contribution in [1.29, 1.82) is 15.8 Å². The second-order valence-electron chi connectivity index (χ2n) is 13.3. The summed E-state index contributed by atoms with van der Waals surface area (Å²) in [5, 5.41) is 32.5. The molecule has 0 fully saturated rings. The van der Waals surface area contributed by atoms with E-state index in [-0.39, 0.29) is 0 Å². The molecule has 0 N–H and O–H groups in total. The van der Waals surface area contributed by atoms with E-state index < -0.39 is 0 Å². The summed E-state index contributed by atoms with van der Waals surface area (Å²) >= 11 is 0. The molecule has 8 aromatic carbocycles. The SMILES string of the molecule is N#Cc1ccc(-c2c(-c3ccc(C#N)cc3)c(-c3ccccc3)c(-c3cccc4c3oc3ccccc34)c(-c3ccccc3C#N)c2-c2ccccc2)cc1. The van der Waals surface area contributed by atoms with Crippen molar-refractivity contribution in [2.24, 2.45) is 0 Å². The molecule has 0 spiro atoms. The van der Waals surface area contributed by atoms with Gasteiger partial charge in [0.25, 0.3) is 0 Å². The summed E-state index contributed by atoms with van der Waals surface area (Å²) in [5.74, 6) is 0. The maximum absolute atomic E-state index is 10.8. The number of nitriles is 3. The Balaban J connectivity index is 1.62. The van der Waals surface area contributed by atoms with Crippen molar-refractivity contribution in [3.8, 4) is 85.0 Å². The molecule has 0 aliphatic carbocycles. The van der Waals surface area contributed by atoms with Crippen LogP contribution in [-0.4, -0.2) is 0 Å². The van der Waals surface area contributed by atoms with Crippen LogP contribution in [-0.2, 0) is 0 Å². The lowest BCUT2D eigenvalue weighted by atomic mass is 9.73. The van der Waals surface area contributed by atoms with Crippen molar-refractivity contribution in [3.05, 3.63) is 193 Å². The Hall–Kier alpha value is -7.97. The number of para-hydroxylation sites is 2. The van der Waals surface area contributed by atoms with Crippen LogP contribution < -0.4 is 0 Å². The van der Waals surface area contributed by atoms with Gasteiger partial charge in [0.1, 0.15) is 11.2 Å². The minimum atomic E-state index is 0.536. The molecule has 55 heavy (non-hydrogen) atoms. The minimum Gasteiger partial charge on any atom is -0.455 e.